The molecule has 1 amide bonds. The van der Waals surface area contributed by atoms with Gasteiger partial charge < -0.3 is 16.0 Å². The van der Waals surface area contributed by atoms with Crippen molar-refractivity contribution >= 4 is 17.3 Å². The van der Waals surface area contributed by atoms with Crippen molar-refractivity contribution in [2.45, 2.75) is 19.8 Å². The van der Waals surface area contributed by atoms with Crippen LogP contribution in [0, 0.1) is 6.92 Å². The number of benzene rings is 2. The number of aryl methyl sites for hydroxylation is 1. The second-order valence-corrected chi connectivity index (χ2v) is 5.79. The first-order valence-electron chi connectivity index (χ1n) is 7.98. The lowest BCUT2D eigenvalue weighted by atomic mass is 10.1. The van der Waals surface area contributed by atoms with Crippen LogP contribution in [0.25, 0.3) is 0 Å². The number of rotatable bonds is 7. The van der Waals surface area contributed by atoms with Crippen molar-refractivity contribution in [1.29, 1.82) is 0 Å². The molecule has 122 valence electrons. The molecule has 0 unspecified atom stereocenters. The summed E-state index contributed by atoms with van der Waals surface area (Å²) in [6, 6.07) is 15.7. The standard InChI is InChI=1S/C19H25N3O/c1-15-10-11-16(20)14-18(15)19(23)21-12-6-7-13-22(2)17-8-4-3-5-9-17/h3-5,8-11,14H,6-7,12-13,20H2,1-2H3,(H,21,23). The van der Waals surface area contributed by atoms with Crippen LogP contribution < -0.4 is 16.0 Å². The molecule has 0 radical (unpaired) electrons. The number of nitrogens with two attached hydrogens (primary N) is 1. The van der Waals surface area contributed by atoms with Crippen LogP contribution in [0.3, 0.4) is 0 Å². The summed E-state index contributed by atoms with van der Waals surface area (Å²) in [6.45, 7) is 3.57. The molecule has 0 heterocycles. The Balaban J connectivity index is 1.71. The summed E-state index contributed by atoms with van der Waals surface area (Å²) < 4.78 is 0. The Morgan fingerprint density at radius 3 is 2.61 bits per heavy atom. The van der Waals surface area contributed by atoms with Gasteiger partial charge in [-0.05, 0) is 49.6 Å². The lowest BCUT2D eigenvalue weighted by Gasteiger charge is -2.19. The lowest BCUT2D eigenvalue weighted by molar-refractivity contribution is 0.0952. The van der Waals surface area contributed by atoms with Gasteiger partial charge in [0.05, 0.1) is 0 Å². The maximum Gasteiger partial charge on any atom is 0.251 e. The molecule has 3 N–H and O–H groups in total. The van der Waals surface area contributed by atoms with Gasteiger partial charge >= 0.3 is 0 Å². The van der Waals surface area contributed by atoms with Gasteiger partial charge in [-0.15, -0.1) is 0 Å². The van der Waals surface area contributed by atoms with Crippen LogP contribution in [-0.2, 0) is 0 Å². The van der Waals surface area contributed by atoms with Crippen molar-refractivity contribution < 1.29 is 4.79 Å². The fraction of sp³-hybridized carbons (Fsp3) is 0.316. The predicted octanol–water partition coefficient (Wildman–Crippen LogP) is 3.22. The monoisotopic (exact) mass is 311 g/mol. The Bertz CT molecular complexity index is 640. The minimum Gasteiger partial charge on any atom is -0.399 e. The summed E-state index contributed by atoms with van der Waals surface area (Å²) in [5.41, 5.74) is 9.18. The molecule has 0 bridgehead atoms. The van der Waals surface area contributed by atoms with E-state index in [9.17, 15) is 4.79 Å². The Morgan fingerprint density at radius 2 is 1.87 bits per heavy atom. The molecule has 2 aromatic rings. The fourth-order valence-electron chi connectivity index (χ4n) is 2.47. The summed E-state index contributed by atoms with van der Waals surface area (Å²) in [6.07, 6.45) is 1.98. The van der Waals surface area contributed by atoms with E-state index in [2.05, 4.69) is 29.4 Å². The molecule has 0 saturated carbocycles. The molecular weight excluding hydrogens is 286 g/mol. The summed E-state index contributed by atoms with van der Waals surface area (Å²) in [4.78, 5) is 14.4. The number of amides is 1. The average molecular weight is 311 g/mol. The van der Waals surface area contributed by atoms with Crippen molar-refractivity contribution in [3.8, 4) is 0 Å². The van der Waals surface area contributed by atoms with Gasteiger partial charge in [-0.25, -0.2) is 0 Å². The smallest absolute Gasteiger partial charge is 0.251 e. The minimum absolute atomic E-state index is 0.0498. The number of nitrogens with one attached hydrogen (secondary N) is 1. The van der Waals surface area contributed by atoms with Crippen molar-refractivity contribution in [2.24, 2.45) is 0 Å². The molecule has 4 heteroatoms. The molecule has 0 saturated heterocycles. The SMILES string of the molecule is Cc1ccc(N)cc1C(=O)NCCCCN(C)c1ccccc1. The minimum atomic E-state index is -0.0498. The third-order valence-electron chi connectivity index (χ3n) is 3.91. The number of nitrogen functional groups attached to an aromatic ring is 1. The van der Waals surface area contributed by atoms with Crippen LogP contribution in [0.2, 0.25) is 0 Å². The van der Waals surface area contributed by atoms with E-state index in [-0.39, 0.29) is 5.91 Å². The van der Waals surface area contributed by atoms with E-state index in [1.165, 1.54) is 5.69 Å². The van der Waals surface area contributed by atoms with Crippen LogP contribution in [0.1, 0.15) is 28.8 Å². The Kier molecular flexibility index (Phi) is 6.03. The van der Waals surface area contributed by atoms with Gasteiger partial charge in [0.15, 0.2) is 0 Å². The summed E-state index contributed by atoms with van der Waals surface area (Å²) in [5, 5.41) is 2.97. The zero-order valence-electron chi connectivity index (χ0n) is 13.9. The van der Waals surface area contributed by atoms with E-state index in [0.717, 1.165) is 24.9 Å². The molecule has 2 aromatic carbocycles. The maximum atomic E-state index is 12.2. The average Bonchev–Trinajstić information content (AvgIpc) is 2.57. The normalized spacial score (nSPS) is 10.3. The Morgan fingerprint density at radius 1 is 1.13 bits per heavy atom. The van der Waals surface area contributed by atoms with Gasteiger partial charge in [-0.3, -0.25) is 4.79 Å². The molecule has 2 rings (SSSR count). The number of unbranched alkanes of at least 4 members (excludes halogenated alkanes) is 1. The Labute approximate surface area is 138 Å². The molecular formula is C19H25N3O. The van der Waals surface area contributed by atoms with E-state index in [1.807, 2.05) is 37.3 Å². The highest BCUT2D eigenvalue weighted by Crippen LogP contribution is 2.13. The number of nitrogens with zero attached hydrogens (tertiary/aromatic N) is 1. The number of para-hydroxylation sites is 1. The largest absolute Gasteiger partial charge is 0.399 e. The molecule has 0 aliphatic rings. The summed E-state index contributed by atoms with van der Waals surface area (Å²) in [5.74, 6) is -0.0498. The molecule has 4 nitrogen and oxygen atoms in total. The molecule has 0 fully saturated rings. The van der Waals surface area contributed by atoms with Crippen molar-refractivity contribution in [2.75, 3.05) is 30.8 Å². The van der Waals surface area contributed by atoms with Crippen LogP contribution in [0.15, 0.2) is 48.5 Å². The van der Waals surface area contributed by atoms with Gasteiger partial charge in [-0.2, -0.15) is 0 Å². The first-order valence-corrected chi connectivity index (χ1v) is 7.98. The molecule has 23 heavy (non-hydrogen) atoms. The topological polar surface area (TPSA) is 58.4 Å². The van der Waals surface area contributed by atoms with Gasteiger partial charge in [0.25, 0.3) is 5.91 Å². The number of hydrogen-bond donors (Lipinski definition) is 2. The Hall–Kier alpha value is -2.49. The zero-order chi connectivity index (χ0) is 16.7. The summed E-state index contributed by atoms with van der Waals surface area (Å²) >= 11 is 0. The molecule has 0 aliphatic carbocycles. The van der Waals surface area contributed by atoms with Crippen LogP contribution >= 0.6 is 0 Å². The van der Waals surface area contributed by atoms with Crippen molar-refractivity contribution in [3.63, 3.8) is 0 Å². The second-order valence-electron chi connectivity index (χ2n) is 5.79. The van der Waals surface area contributed by atoms with E-state index < -0.39 is 0 Å². The quantitative estimate of drug-likeness (QED) is 0.610. The highest BCUT2D eigenvalue weighted by Gasteiger charge is 2.08. The highest BCUT2D eigenvalue weighted by atomic mass is 16.1. The first kappa shape index (κ1) is 16.9. The van der Waals surface area contributed by atoms with Crippen molar-refractivity contribution in [3.05, 3.63) is 59.7 Å². The highest BCUT2D eigenvalue weighted by molar-refractivity contribution is 5.96. The second kappa shape index (κ2) is 8.22. The van der Waals surface area contributed by atoms with E-state index in [0.29, 0.717) is 17.8 Å². The number of anilines is 2. The maximum absolute atomic E-state index is 12.2. The molecule has 0 aromatic heterocycles. The fourth-order valence-corrected chi connectivity index (χ4v) is 2.47. The van der Waals surface area contributed by atoms with Crippen LogP contribution in [-0.4, -0.2) is 26.0 Å². The molecule has 0 aliphatic heterocycles. The number of carbonyl (C=O) groups excluding carboxylic acids is 1. The number of hydrogen-bond acceptors (Lipinski definition) is 3. The zero-order valence-corrected chi connectivity index (χ0v) is 13.9. The van der Waals surface area contributed by atoms with Gasteiger partial charge in [0, 0.05) is 37.1 Å². The summed E-state index contributed by atoms with van der Waals surface area (Å²) in [7, 11) is 2.09. The lowest BCUT2D eigenvalue weighted by Crippen LogP contribution is -2.26. The van der Waals surface area contributed by atoms with E-state index in [4.69, 9.17) is 5.73 Å². The molecule has 0 atom stereocenters. The van der Waals surface area contributed by atoms with E-state index >= 15 is 0 Å². The van der Waals surface area contributed by atoms with E-state index in [1.54, 1.807) is 6.07 Å². The van der Waals surface area contributed by atoms with Gasteiger partial charge in [0.2, 0.25) is 0 Å². The number of carbonyl (C=O) groups is 1. The molecule has 0 spiro atoms. The first-order chi connectivity index (χ1) is 11.1. The predicted molar refractivity (Wildman–Crippen MR) is 96.9 cm³/mol. The third kappa shape index (κ3) is 5.02. The van der Waals surface area contributed by atoms with Gasteiger partial charge in [0.1, 0.15) is 0 Å². The van der Waals surface area contributed by atoms with Gasteiger partial charge in [-0.1, -0.05) is 24.3 Å². The van der Waals surface area contributed by atoms with Crippen molar-refractivity contribution in [1.82, 2.24) is 5.32 Å². The van der Waals surface area contributed by atoms with Crippen LogP contribution in [0.4, 0.5) is 11.4 Å². The third-order valence-corrected chi connectivity index (χ3v) is 3.91. The van der Waals surface area contributed by atoms with Crippen LogP contribution in [0.5, 0.6) is 0 Å².